The van der Waals surface area contributed by atoms with E-state index in [1.54, 1.807) is 35.2 Å². The average molecular weight is 532 g/mol. The van der Waals surface area contributed by atoms with E-state index >= 15 is 0 Å². The van der Waals surface area contributed by atoms with Gasteiger partial charge in [-0.05, 0) is 56.2 Å². The lowest BCUT2D eigenvalue weighted by molar-refractivity contribution is -0.141. The van der Waals surface area contributed by atoms with Crippen LogP contribution in [0, 0.1) is 0 Å². The van der Waals surface area contributed by atoms with E-state index in [4.69, 9.17) is 34.8 Å². The molecule has 2 amide bonds. The zero-order valence-corrected chi connectivity index (χ0v) is 22.3. The van der Waals surface area contributed by atoms with Crippen LogP contribution in [-0.2, 0) is 29.0 Å². The van der Waals surface area contributed by atoms with Crippen LogP contribution in [0.1, 0.15) is 37.5 Å². The Balaban J connectivity index is 2.03. The molecule has 0 aliphatic rings. The fourth-order valence-corrected chi connectivity index (χ4v) is 4.38. The van der Waals surface area contributed by atoms with Crippen LogP contribution in [0.15, 0.2) is 72.8 Å². The summed E-state index contributed by atoms with van der Waals surface area (Å²) in [6.07, 6.45) is 0.449. The predicted molar refractivity (Wildman–Crippen MR) is 144 cm³/mol. The van der Waals surface area contributed by atoms with E-state index in [0.29, 0.717) is 27.1 Å². The van der Waals surface area contributed by atoms with Crippen LogP contribution < -0.4 is 5.32 Å². The molecule has 0 saturated carbocycles. The maximum Gasteiger partial charge on any atom is 0.243 e. The summed E-state index contributed by atoms with van der Waals surface area (Å²) in [4.78, 5) is 28.9. The largest absolute Gasteiger partial charge is 0.350 e. The summed E-state index contributed by atoms with van der Waals surface area (Å²) in [7, 11) is 0. The number of carbonyl (C=O) groups is 2. The number of rotatable bonds is 8. The van der Waals surface area contributed by atoms with Crippen molar-refractivity contribution in [2.24, 2.45) is 0 Å². The van der Waals surface area contributed by atoms with Crippen LogP contribution in [0.4, 0.5) is 0 Å². The Bertz CT molecular complexity index is 1140. The molecule has 0 spiro atoms. The number of nitrogens with zero attached hydrogens (tertiary/aromatic N) is 1. The molecular weight excluding hydrogens is 503 g/mol. The molecule has 0 saturated heterocycles. The normalized spacial score (nSPS) is 12.2. The van der Waals surface area contributed by atoms with Gasteiger partial charge in [0.25, 0.3) is 0 Å². The fourth-order valence-electron chi connectivity index (χ4n) is 3.74. The molecule has 3 aromatic carbocycles. The highest BCUT2D eigenvalue weighted by Gasteiger charge is 2.33. The lowest BCUT2D eigenvalue weighted by atomic mass is 9.99. The Kier molecular flexibility index (Phi) is 9.23. The van der Waals surface area contributed by atoms with Gasteiger partial charge in [0.15, 0.2) is 0 Å². The first-order chi connectivity index (χ1) is 16.5. The van der Waals surface area contributed by atoms with Gasteiger partial charge >= 0.3 is 0 Å². The molecule has 3 rings (SSSR count). The maximum atomic E-state index is 13.8. The lowest BCUT2D eigenvalue weighted by Crippen LogP contribution is -2.54. The molecule has 3 aromatic rings. The molecule has 184 valence electrons. The molecule has 1 atom stereocenters. The highest BCUT2D eigenvalue weighted by Crippen LogP contribution is 2.28. The third-order valence-electron chi connectivity index (χ3n) is 5.43. The molecule has 7 heteroatoms. The molecule has 0 aliphatic carbocycles. The Labute approximate surface area is 222 Å². The van der Waals surface area contributed by atoms with Gasteiger partial charge in [-0.15, -0.1) is 0 Å². The highest BCUT2D eigenvalue weighted by molar-refractivity contribution is 6.36. The molecule has 4 nitrogen and oxygen atoms in total. The van der Waals surface area contributed by atoms with Gasteiger partial charge in [-0.2, -0.15) is 0 Å². The van der Waals surface area contributed by atoms with Crippen LogP contribution in [0.3, 0.4) is 0 Å². The summed E-state index contributed by atoms with van der Waals surface area (Å²) in [6.45, 7) is 5.83. The number of benzene rings is 3. The first-order valence-electron chi connectivity index (χ1n) is 11.4. The van der Waals surface area contributed by atoms with Crippen molar-refractivity contribution in [2.45, 2.75) is 51.7 Å². The van der Waals surface area contributed by atoms with Gasteiger partial charge in [0, 0.05) is 39.1 Å². The Morgan fingerprint density at radius 3 is 2.00 bits per heavy atom. The molecular formula is C28H29Cl3N2O2. The third kappa shape index (κ3) is 7.99. The summed E-state index contributed by atoms with van der Waals surface area (Å²) in [6, 6.07) is 21.2. The standard InChI is InChI=1S/C28H29Cl3N2O2/c1-28(2,3)32-27(35)25(16-19-8-5-4-6-9-19)33(18-22-23(30)10-7-11-24(22)31)26(34)17-20-12-14-21(29)15-13-20/h4-15,25H,16-18H2,1-3H3,(H,32,35)/t25-/m0/s1. The minimum atomic E-state index is -0.774. The second kappa shape index (κ2) is 11.9. The minimum absolute atomic E-state index is 0.0972. The van der Waals surface area contributed by atoms with E-state index in [1.165, 1.54) is 0 Å². The smallest absolute Gasteiger partial charge is 0.243 e. The highest BCUT2D eigenvalue weighted by atomic mass is 35.5. The molecule has 0 bridgehead atoms. The van der Waals surface area contributed by atoms with Crippen LogP contribution >= 0.6 is 34.8 Å². The SMILES string of the molecule is CC(C)(C)NC(=O)[C@H](Cc1ccccc1)N(Cc1c(Cl)cccc1Cl)C(=O)Cc1ccc(Cl)cc1. The van der Waals surface area contributed by atoms with Crippen LogP contribution in [-0.4, -0.2) is 28.3 Å². The molecule has 0 aliphatic heterocycles. The summed E-state index contributed by atoms with van der Waals surface area (Å²) in [5.74, 6) is -0.456. The van der Waals surface area contributed by atoms with Crippen molar-refractivity contribution in [3.05, 3.63) is 105 Å². The Hall–Kier alpha value is -2.53. The van der Waals surface area contributed by atoms with E-state index in [-0.39, 0.29) is 24.8 Å². The van der Waals surface area contributed by atoms with Crippen LogP contribution in [0.2, 0.25) is 15.1 Å². The second-order valence-corrected chi connectivity index (χ2v) is 10.7. The van der Waals surface area contributed by atoms with Crippen molar-refractivity contribution in [3.63, 3.8) is 0 Å². The molecule has 35 heavy (non-hydrogen) atoms. The molecule has 0 unspecified atom stereocenters. The first kappa shape index (κ1) is 27.1. The summed E-state index contributed by atoms with van der Waals surface area (Å²) < 4.78 is 0. The predicted octanol–water partition coefficient (Wildman–Crippen LogP) is 6.74. The summed E-state index contributed by atoms with van der Waals surface area (Å²) in [5.41, 5.74) is 1.86. The monoisotopic (exact) mass is 530 g/mol. The van der Waals surface area contributed by atoms with E-state index < -0.39 is 11.6 Å². The summed E-state index contributed by atoms with van der Waals surface area (Å²) >= 11 is 19.0. The summed E-state index contributed by atoms with van der Waals surface area (Å²) in [5, 5.41) is 4.52. The number of halogens is 3. The van der Waals surface area contributed by atoms with Gasteiger partial charge in [-0.1, -0.05) is 83.3 Å². The van der Waals surface area contributed by atoms with Gasteiger partial charge in [0.2, 0.25) is 11.8 Å². The lowest BCUT2D eigenvalue weighted by Gasteiger charge is -2.34. The van der Waals surface area contributed by atoms with Crippen molar-refractivity contribution < 1.29 is 9.59 Å². The Morgan fingerprint density at radius 1 is 0.829 bits per heavy atom. The fraction of sp³-hybridized carbons (Fsp3) is 0.286. The van der Waals surface area contributed by atoms with E-state index in [0.717, 1.165) is 11.1 Å². The zero-order chi connectivity index (χ0) is 25.6. The van der Waals surface area contributed by atoms with Gasteiger partial charge in [0.05, 0.1) is 6.42 Å². The molecule has 0 fully saturated rings. The van der Waals surface area contributed by atoms with Crippen molar-refractivity contribution in [3.8, 4) is 0 Å². The molecule has 1 N–H and O–H groups in total. The minimum Gasteiger partial charge on any atom is -0.350 e. The van der Waals surface area contributed by atoms with Gasteiger partial charge in [-0.25, -0.2) is 0 Å². The maximum absolute atomic E-state index is 13.8. The quantitative estimate of drug-likeness (QED) is 0.350. The zero-order valence-electron chi connectivity index (χ0n) is 20.0. The number of hydrogen-bond acceptors (Lipinski definition) is 2. The second-order valence-electron chi connectivity index (χ2n) is 9.47. The Morgan fingerprint density at radius 2 is 1.43 bits per heavy atom. The van der Waals surface area contributed by atoms with E-state index in [2.05, 4.69) is 5.32 Å². The van der Waals surface area contributed by atoms with Crippen LogP contribution in [0.25, 0.3) is 0 Å². The van der Waals surface area contributed by atoms with Crippen molar-refractivity contribution in [1.29, 1.82) is 0 Å². The van der Waals surface area contributed by atoms with Gasteiger partial charge < -0.3 is 10.2 Å². The first-order valence-corrected chi connectivity index (χ1v) is 12.5. The van der Waals surface area contributed by atoms with E-state index in [9.17, 15) is 9.59 Å². The number of amides is 2. The number of hydrogen-bond donors (Lipinski definition) is 1. The van der Waals surface area contributed by atoms with E-state index in [1.807, 2.05) is 63.2 Å². The number of nitrogens with one attached hydrogen (secondary N) is 1. The molecule has 0 heterocycles. The van der Waals surface area contributed by atoms with Gasteiger partial charge in [-0.3, -0.25) is 9.59 Å². The topological polar surface area (TPSA) is 49.4 Å². The van der Waals surface area contributed by atoms with Crippen LogP contribution in [0.5, 0.6) is 0 Å². The number of carbonyl (C=O) groups excluding carboxylic acids is 2. The van der Waals surface area contributed by atoms with Gasteiger partial charge in [0.1, 0.15) is 6.04 Å². The van der Waals surface area contributed by atoms with Crippen molar-refractivity contribution in [1.82, 2.24) is 10.2 Å². The van der Waals surface area contributed by atoms with Crippen molar-refractivity contribution in [2.75, 3.05) is 0 Å². The third-order valence-corrected chi connectivity index (χ3v) is 6.39. The molecule has 0 aromatic heterocycles. The average Bonchev–Trinajstić information content (AvgIpc) is 2.79. The van der Waals surface area contributed by atoms with Crippen molar-refractivity contribution >= 4 is 46.6 Å². The molecule has 0 radical (unpaired) electrons.